The molecule has 0 bridgehead atoms. The number of aromatic nitrogens is 4. The van der Waals surface area contributed by atoms with Crippen molar-refractivity contribution in [2.24, 2.45) is 0 Å². The van der Waals surface area contributed by atoms with Gasteiger partial charge in [0.1, 0.15) is 17.2 Å². The van der Waals surface area contributed by atoms with Crippen LogP contribution in [-0.2, 0) is 6.18 Å². The van der Waals surface area contributed by atoms with E-state index in [0.717, 1.165) is 6.20 Å². The summed E-state index contributed by atoms with van der Waals surface area (Å²) >= 11 is 0. The van der Waals surface area contributed by atoms with Crippen LogP contribution in [0.2, 0.25) is 0 Å². The Morgan fingerprint density at radius 2 is 1.64 bits per heavy atom. The maximum Gasteiger partial charge on any atom is 0.433 e. The summed E-state index contributed by atoms with van der Waals surface area (Å²) in [5, 5.41) is 5.51. The van der Waals surface area contributed by atoms with E-state index in [0.29, 0.717) is 22.5 Å². The first-order valence-electron chi connectivity index (χ1n) is 7.27. The van der Waals surface area contributed by atoms with E-state index in [2.05, 4.69) is 10.1 Å². The molecule has 0 saturated heterocycles. The molecule has 4 aromatic rings. The lowest BCUT2D eigenvalue weighted by molar-refractivity contribution is -0.140. The molecule has 4 nitrogen and oxygen atoms in total. The van der Waals surface area contributed by atoms with Gasteiger partial charge < -0.3 is 0 Å². The monoisotopic (exact) mass is 346 g/mol. The molecule has 0 amide bonds. The van der Waals surface area contributed by atoms with Gasteiger partial charge in [0.25, 0.3) is 0 Å². The van der Waals surface area contributed by atoms with Gasteiger partial charge in [-0.3, -0.25) is 9.50 Å². The van der Waals surface area contributed by atoms with Gasteiger partial charge in [0.15, 0.2) is 0 Å². The summed E-state index contributed by atoms with van der Waals surface area (Å²) in [5.41, 5.74) is 1.31. The molecular weight excluding hydrogens is 336 g/mol. The number of rotatable bonds is 2. The fraction of sp³-hybridized carbons (Fsp3) is 0.0588. The highest BCUT2D eigenvalue weighted by molar-refractivity contribution is 5.70. The van der Waals surface area contributed by atoms with Gasteiger partial charge in [-0.15, -0.1) is 0 Å². The van der Waals surface area contributed by atoms with Crippen LogP contribution in [-0.4, -0.2) is 19.6 Å². The fourth-order valence-corrected chi connectivity index (χ4v) is 2.70. The van der Waals surface area contributed by atoms with Gasteiger partial charge in [-0.25, -0.2) is 9.37 Å². The Morgan fingerprint density at radius 3 is 2.36 bits per heavy atom. The Labute approximate surface area is 138 Å². The topological polar surface area (TPSA) is 46.0 Å². The second kappa shape index (κ2) is 5.44. The average Bonchev–Trinajstić information content (AvgIpc) is 3.21. The van der Waals surface area contributed by atoms with Crippen LogP contribution in [0.5, 0.6) is 0 Å². The second-order valence-electron chi connectivity index (χ2n) is 5.45. The van der Waals surface area contributed by atoms with Crippen molar-refractivity contribution in [1.29, 1.82) is 0 Å². The first kappa shape index (κ1) is 15.4. The smallest absolute Gasteiger partial charge is 0.299 e. The average molecular weight is 346 g/mol. The van der Waals surface area contributed by atoms with E-state index in [1.807, 2.05) is 5.10 Å². The van der Waals surface area contributed by atoms with Crippen LogP contribution in [0.1, 0.15) is 5.69 Å². The number of fused-ring (bicyclic) bond motifs is 1. The largest absolute Gasteiger partial charge is 0.433 e. The van der Waals surface area contributed by atoms with Crippen LogP contribution in [0, 0.1) is 5.82 Å². The minimum atomic E-state index is -4.53. The first-order chi connectivity index (χ1) is 11.9. The summed E-state index contributed by atoms with van der Waals surface area (Å²) in [4.78, 5) is 4.23. The second-order valence-corrected chi connectivity index (χ2v) is 5.45. The number of nitrogens with one attached hydrogen (secondary N) is 1. The molecule has 0 saturated carbocycles. The third-order valence-corrected chi connectivity index (χ3v) is 3.88. The highest BCUT2D eigenvalue weighted by Crippen LogP contribution is 2.35. The Kier molecular flexibility index (Phi) is 3.34. The highest BCUT2D eigenvalue weighted by Gasteiger charge is 2.36. The molecule has 0 aliphatic rings. The molecule has 1 N–H and O–H groups in total. The first-order valence-corrected chi connectivity index (χ1v) is 7.27. The number of aromatic amines is 1. The summed E-state index contributed by atoms with van der Waals surface area (Å²) in [6.07, 6.45) is -0.249. The third-order valence-electron chi connectivity index (χ3n) is 3.88. The van der Waals surface area contributed by atoms with Crippen LogP contribution in [0.4, 0.5) is 17.6 Å². The lowest BCUT2D eigenvalue weighted by Gasteiger charge is -2.08. The SMILES string of the molecule is Fc1ccc(-c2cnc3ccc(-c4cn[nH]c4C(F)(F)F)cn23)cc1. The summed E-state index contributed by atoms with van der Waals surface area (Å²) in [6, 6.07) is 8.98. The molecule has 3 heterocycles. The highest BCUT2D eigenvalue weighted by atomic mass is 19.4. The molecule has 25 heavy (non-hydrogen) atoms. The minimum absolute atomic E-state index is 0.0480. The maximum atomic E-state index is 13.1. The number of alkyl halides is 3. The van der Waals surface area contributed by atoms with Gasteiger partial charge in [-0.1, -0.05) is 0 Å². The summed E-state index contributed by atoms with van der Waals surface area (Å²) in [7, 11) is 0. The van der Waals surface area contributed by atoms with E-state index >= 15 is 0 Å². The van der Waals surface area contributed by atoms with Crippen LogP contribution in [0.25, 0.3) is 28.0 Å². The molecular formula is C17H10F4N4. The molecule has 3 aromatic heterocycles. The van der Waals surface area contributed by atoms with Gasteiger partial charge in [-0.2, -0.15) is 18.3 Å². The van der Waals surface area contributed by atoms with Crippen molar-refractivity contribution in [1.82, 2.24) is 19.6 Å². The maximum absolute atomic E-state index is 13.1. The normalized spacial score (nSPS) is 12.0. The molecule has 0 fully saturated rings. The van der Waals surface area contributed by atoms with Gasteiger partial charge in [0.05, 0.1) is 18.1 Å². The van der Waals surface area contributed by atoms with E-state index in [-0.39, 0.29) is 11.4 Å². The van der Waals surface area contributed by atoms with E-state index in [4.69, 9.17) is 0 Å². The fourth-order valence-electron chi connectivity index (χ4n) is 2.70. The zero-order valence-corrected chi connectivity index (χ0v) is 12.5. The van der Waals surface area contributed by atoms with Crippen LogP contribution < -0.4 is 0 Å². The molecule has 8 heteroatoms. The zero-order valence-electron chi connectivity index (χ0n) is 12.5. The summed E-state index contributed by atoms with van der Waals surface area (Å²) in [5.74, 6) is -0.369. The van der Waals surface area contributed by atoms with Crippen molar-refractivity contribution < 1.29 is 17.6 Å². The van der Waals surface area contributed by atoms with Crippen molar-refractivity contribution in [2.75, 3.05) is 0 Å². The lowest BCUT2D eigenvalue weighted by atomic mass is 10.1. The number of nitrogens with zero attached hydrogens (tertiary/aromatic N) is 3. The van der Waals surface area contributed by atoms with Crippen molar-refractivity contribution in [3.05, 3.63) is 66.5 Å². The van der Waals surface area contributed by atoms with Crippen molar-refractivity contribution in [3.63, 3.8) is 0 Å². The number of H-pyrrole nitrogens is 1. The van der Waals surface area contributed by atoms with E-state index in [1.54, 1.807) is 41.1 Å². The Morgan fingerprint density at radius 1 is 0.920 bits per heavy atom. The minimum Gasteiger partial charge on any atom is -0.299 e. The van der Waals surface area contributed by atoms with E-state index in [9.17, 15) is 17.6 Å². The van der Waals surface area contributed by atoms with Crippen LogP contribution >= 0.6 is 0 Å². The van der Waals surface area contributed by atoms with Gasteiger partial charge in [0.2, 0.25) is 0 Å². The number of hydrogen-bond acceptors (Lipinski definition) is 2. The number of hydrogen-bond donors (Lipinski definition) is 1. The number of imidazole rings is 1. The summed E-state index contributed by atoms with van der Waals surface area (Å²) < 4.78 is 54.0. The molecule has 126 valence electrons. The third kappa shape index (κ3) is 2.65. The number of halogens is 4. The molecule has 4 rings (SSSR count). The molecule has 0 spiro atoms. The zero-order chi connectivity index (χ0) is 17.6. The van der Waals surface area contributed by atoms with E-state index in [1.165, 1.54) is 12.1 Å². The molecule has 0 unspecified atom stereocenters. The van der Waals surface area contributed by atoms with Crippen LogP contribution in [0.15, 0.2) is 55.0 Å². The Bertz CT molecular complexity index is 1040. The molecule has 0 radical (unpaired) electrons. The predicted octanol–water partition coefficient (Wildman–Crippen LogP) is 4.55. The van der Waals surface area contributed by atoms with Crippen molar-refractivity contribution in [2.45, 2.75) is 6.18 Å². The molecule has 0 aliphatic heterocycles. The Hall–Kier alpha value is -3.16. The van der Waals surface area contributed by atoms with Gasteiger partial charge in [0, 0.05) is 22.9 Å². The van der Waals surface area contributed by atoms with E-state index < -0.39 is 11.9 Å². The summed E-state index contributed by atoms with van der Waals surface area (Å²) in [6.45, 7) is 0. The molecule has 0 atom stereocenters. The predicted molar refractivity (Wildman–Crippen MR) is 83.2 cm³/mol. The lowest BCUT2D eigenvalue weighted by Crippen LogP contribution is -2.07. The number of pyridine rings is 1. The molecule has 1 aromatic carbocycles. The van der Waals surface area contributed by atoms with Crippen molar-refractivity contribution >= 4 is 5.65 Å². The quantitative estimate of drug-likeness (QED) is 0.541. The Balaban J connectivity index is 1.87. The van der Waals surface area contributed by atoms with Gasteiger partial charge >= 0.3 is 6.18 Å². The standard InChI is InChI=1S/C17H10F4N4/c18-12-4-1-10(2-5-12)14-8-22-15-6-3-11(9-25(14)15)13-7-23-24-16(13)17(19,20)21/h1-9H,(H,23,24). The van der Waals surface area contributed by atoms with Crippen molar-refractivity contribution in [3.8, 4) is 22.4 Å². The molecule has 0 aliphatic carbocycles. The number of benzene rings is 1. The van der Waals surface area contributed by atoms with Gasteiger partial charge in [-0.05, 0) is 36.4 Å². The van der Waals surface area contributed by atoms with Crippen LogP contribution in [0.3, 0.4) is 0 Å².